The number of nitrogens with zero attached hydrogens (tertiary/aromatic N) is 3. The van der Waals surface area contributed by atoms with E-state index in [9.17, 15) is 4.79 Å². The van der Waals surface area contributed by atoms with Gasteiger partial charge in [0.15, 0.2) is 4.60 Å². The molecule has 1 aromatic rings. The Morgan fingerprint density at radius 2 is 2.19 bits per heavy atom. The standard InChI is InChI=1S/C9H15BrN4O2/c1-9(2,3)16-8(15)11-5-6-7(10)12-13-14(6)4/h5H2,1-4H3,(H,11,15). The lowest BCUT2D eigenvalue weighted by atomic mass is 10.2. The summed E-state index contributed by atoms with van der Waals surface area (Å²) in [5.41, 5.74) is 0.289. The van der Waals surface area contributed by atoms with E-state index in [1.54, 1.807) is 11.7 Å². The number of amides is 1. The van der Waals surface area contributed by atoms with Crippen molar-refractivity contribution in [1.29, 1.82) is 0 Å². The van der Waals surface area contributed by atoms with E-state index in [0.717, 1.165) is 5.69 Å². The third-order valence-electron chi connectivity index (χ3n) is 1.69. The highest BCUT2D eigenvalue weighted by molar-refractivity contribution is 9.10. The number of alkyl carbamates (subject to hydrolysis) is 1. The van der Waals surface area contributed by atoms with E-state index in [1.807, 2.05) is 20.8 Å². The molecule has 0 fully saturated rings. The first-order valence-electron chi connectivity index (χ1n) is 4.80. The molecular formula is C9H15BrN4O2. The number of ether oxygens (including phenoxy) is 1. The Morgan fingerprint density at radius 3 is 2.62 bits per heavy atom. The van der Waals surface area contributed by atoms with E-state index >= 15 is 0 Å². The molecule has 16 heavy (non-hydrogen) atoms. The minimum Gasteiger partial charge on any atom is -0.444 e. The molecule has 1 aromatic heterocycles. The first-order valence-corrected chi connectivity index (χ1v) is 5.60. The summed E-state index contributed by atoms with van der Waals surface area (Å²) in [5, 5.41) is 10.2. The van der Waals surface area contributed by atoms with Crippen LogP contribution in [0.25, 0.3) is 0 Å². The Morgan fingerprint density at radius 1 is 1.56 bits per heavy atom. The molecule has 0 aromatic carbocycles. The molecule has 7 heteroatoms. The number of halogens is 1. The molecular weight excluding hydrogens is 276 g/mol. The fraction of sp³-hybridized carbons (Fsp3) is 0.667. The van der Waals surface area contributed by atoms with Gasteiger partial charge in [0.25, 0.3) is 0 Å². The zero-order valence-corrected chi connectivity index (χ0v) is 11.3. The maximum atomic E-state index is 11.4. The Balaban J connectivity index is 2.50. The van der Waals surface area contributed by atoms with Gasteiger partial charge in [0.1, 0.15) is 5.60 Å². The highest BCUT2D eigenvalue weighted by Crippen LogP contribution is 2.11. The van der Waals surface area contributed by atoms with Crippen LogP contribution in [0, 0.1) is 0 Å². The second kappa shape index (κ2) is 4.82. The predicted octanol–water partition coefficient (Wildman–Crippen LogP) is 1.60. The van der Waals surface area contributed by atoms with Gasteiger partial charge in [0.2, 0.25) is 0 Å². The fourth-order valence-electron chi connectivity index (χ4n) is 1.01. The van der Waals surface area contributed by atoms with Gasteiger partial charge >= 0.3 is 6.09 Å². The molecule has 0 bridgehead atoms. The molecule has 0 saturated carbocycles. The monoisotopic (exact) mass is 290 g/mol. The van der Waals surface area contributed by atoms with Crippen molar-refractivity contribution < 1.29 is 9.53 Å². The molecule has 6 nitrogen and oxygen atoms in total. The minimum absolute atomic E-state index is 0.318. The summed E-state index contributed by atoms with van der Waals surface area (Å²) in [5.74, 6) is 0. The molecule has 0 aliphatic rings. The Bertz CT molecular complexity index is 364. The average molecular weight is 291 g/mol. The van der Waals surface area contributed by atoms with Crippen molar-refractivity contribution in [1.82, 2.24) is 20.3 Å². The average Bonchev–Trinajstić information content (AvgIpc) is 2.41. The van der Waals surface area contributed by atoms with E-state index in [2.05, 4.69) is 31.6 Å². The van der Waals surface area contributed by atoms with Gasteiger partial charge in [0.05, 0.1) is 12.2 Å². The maximum absolute atomic E-state index is 11.4. The first-order chi connectivity index (χ1) is 7.29. The molecule has 1 rings (SSSR count). The molecule has 0 radical (unpaired) electrons. The lowest BCUT2D eigenvalue weighted by molar-refractivity contribution is 0.0522. The van der Waals surface area contributed by atoms with Crippen LogP contribution in [0.15, 0.2) is 4.60 Å². The van der Waals surface area contributed by atoms with Gasteiger partial charge in [-0.05, 0) is 36.7 Å². The van der Waals surface area contributed by atoms with Crippen molar-refractivity contribution >= 4 is 22.0 Å². The molecule has 0 aliphatic carbocycles. The van der Waals surface area contributed by atoms with E-state index in [4.69, 9.17) is 4.74 Å². The van der Waals surface area contributed by atoms with E-state index in [1.165, 1.54) is 0 Å². The van der Waals surface area contributed by atoms with Crippen LogP contribution >= 0.6 is 15.9 Å². The Hall–Kier alpha value is -1.11. The molecule has 1 amide bonds. The minimum atomic E-state index is -0.494. The summed E-state index contributed by atoms with van der Waals surface area (Å²) in [7, 11) is 1.75. The second-order valence-electron chi connectivity index (χ2n) is 4.31. The highest BCUT2D eigenvalue weighted by Gasteiger charge is 2.16. The van der Waals surface area contributed by atoms with Crippen molar-refractivity contribution in [3.63, 3.8) is 0 Å². The molecule has 90 valence electrons. The molecule has 0 unspecified atom stereocenters. The van der Waals surface area contributed by atoms with Crippen molar-refractivity contribution in [3.05, 3.63) is 10.3 Å². The summed E-state index contributed by atoms with van der Waals surface area (Å²) in [4.78, 5) is 11.4. The number of carbonyl (C=O) groups excluding carboxylic acids is 1. The third-order valence-corrected chi connectivity index (χ3v) is 2.31. The van der Waals surface area contributed by atoms with Gasteiger partial charge in [-0.25, -0.2) is 9.48 Å². The van der Waals surface area contributed by atoms with Gasteiger partial charge in [-0.1, -0.05) is 5.21 Å². The van der Waals surface area contributed by atoms with Crippen LogP contribution in [-0.2, 0) is 18.3 Å². The lowest BCUT2D eigenvalue weighted by Crippen LogP contribution is -2.32. The van der Waals surface area contributed by atoms with Crippen molar-refractivity contribution in [2.45, 2.75) is 32.9 Å². The number of nitrogens with one attached hydrogen (secondary N) is 1. The molecule has 1 heterocycles. The van der Waals surface area contributed by atoms with Crippen molar-refractivity contribution in [2.75, 3.05) is 0 Å². The normalized spacial score (nSPS) is 11.3. The van der Waals surface area contributed by atoms with Gasteiger partial charge in [-0.2, -0.15) is 0 Å². The summed E-state index contributed by atoms with van der Waals surface area (Å²) in [6.45, 7) is 5.76. The number of aryl methyl sites for hydroxylation is 1. The van der Waals surface area contributed by atoms with Crippen LogP contribution in [0.4, 0.5) is 4.79 Å². The molecule has 0 spiro atoms. The zero-order chi connectivity index (χ0) is 12.3. The van der Waals surface area contributed by atoms with Gasteiger partial charge in [0, 0.05) is 7.05 Å². The van der Waals surface area contributed by atoms with Gasteiger partial charge in [-0.15, -0.1) is 5.10 Å². The molecule has 0 saturated heterocycles. The number of rotatable bonds is 2. The second-order valence-corrected chi connectivity index (χ2v) is 5.06. The van der Waals surface area contributed by atoms with Crippen LogP contribution in [0.2, 0.25) is 0 Å². The molecule has 0 atom stereocenters. The summed E-state index contributed by atoms with van der Waals surface area (Å²) in [6, 6.07) is 0. The van der Waals surface area contributed by atoms with E-state index in [0.29, 0.717) is 11.1 Å². The number of aromatic nitrogens is 3. The predicted molar refractivity (Wildman–Crippen MR) is 61.8 cm³/mol. The largest absolute Gasteiger partial charge is 0.444 e. The summed E-state index contributed by atoms with van der Waals surface area (Å²) >= 11 is 3.24. The first kappa shape index (κ1) is 13.0. The van der Waals surface area contributed by atoms with Crippen LogP contribution in [0.3, 0.4) is 0 Å². The van der Waals surface area contributed by atoms with Crippen LogP contribution in [-0.4, -0.2) is 26.7 Å². The zero-order valence-electron chi connectivity index (χ0n) is 9.74. The van der Waals surface area contributed by atoms with Crippen LogP contribution in [0.5, 0.6) is 0 Å². The van der Waals surface area contributed by atoms with Crippen molar-refractivity contribution in [2.24, 2.45) is 7.05 Å². The van der Waals surface area contributed by atoms with Gasteiger partial charge < -0.3 is 10.1 Å². The maximum Gasteiger partial charge on any atom is 0.407 e. The molecule has 1 N–H and O–H groups in total. The third kappa shape index (κ3) is 3.80. The number of hydrogen-bond acceptors (Lipinski definition) is 4. The quantitative estimate of drug-likeness (QED) is 0.898. The Kier molecular flexibility index (Phi) is 3.90. The smallest absolute Gasteiger partial charge is 0.407 e. The number of carbonyl (C=O) groups is 1. The highest BCUT2D eigenvalue weighted by atomic mass is 79.9. The van der Waals surface area contributed by atoms with Gasteiger partial charge in [-0.3, -0.25) is 0 Å². The SMILES string of the molecule is Cn1nnc(Br)c1CNC(=O)OC(C)(C)C. The Labute approximate surface area is 102 Å². The van der Waals surface area contributed by atoms with Crippen LogP contribution < -0.4 is 5.32 Å². The van der Waals surface area contributed by atoms with E-state index < -0.39 is 11.7 Å². The summed E-state index contributed by atoms with van der Waals surface area (Å²) in [6.07, 6.45) is -0.458. The van der Waals surface area contributed by atoms with Crippen molar-refractivity contribution in [3.8, 4) is 0 Å². The fourth-order valence-corrected chi connectivity index (χ4v) is 1.48. The van der Waals surface area contributed by atoms with Crippen LogP contribution in [0.1, 0.15) is 26.5 Å². The topological polar surface area (TPSA) is 69.0 Å². The number of hydrogen-bond donors (Lipinski definition) is 1. The molecule has 0 aliphatic heterocycles. The summed E-state index contributed by atoms with van der Waals surface area (Å²) < 4.78 is 7.30. The van der Waals surface area contributed by atoms with E-state index in [-0.39, 0.29) is 0 Å². The lowest BCUT2D eigenvalue weighted by Gasteiger charge is -2.19.